The first-order chi connectivity index (χ1) is 9.88. The van der Waals surface area contributed by atoms with Crippen LogP contribution in [0, 0.1) is 0 Å². The number of carboxylic acids is 1. The van der Waals surface area contributed by atoms with E-state index >= 15 is 0 Å². The normalized spacial score (nSPS) is 33.3. The molecular weight excluding hydrogens is 272 g/mol. The molecule has 0 aliphatic carbocycles. The van der Waals surface area contributed by atoms with Gasteiger partial charge in [0.05, 0.1) is 12.1 Å². The van der Waals surface area contributed by atoms with Gasteiger partial charge < -0.3 is 19.6 Å². The monoisotopic (exact) mass is 298 g/mol. The largest absolute Gasteiger partial charge is 0.479 e. The number of ether oxygens (including phenoxy) is 1. The van der Waals surface area contributed by atoms with Gasteiger partial charge in [0.1, 0.15) is 5.54 Å². The topological polar surface area (TPSA) is 70.1 Å². The molecule has 120 valence electrons. The van der Waals surface area contributed by atoms with Crippen molar-refractivity contribution in [3.63, 3.8) is 0 Å². The van der Waals surface area contributed by atoms with Crippen LogP contribution in [0.1, 0.15) is 46.0 Å². The summed E-state index contributed by atoms with van der Waals surface area (Å²) in [6.45, 7) is 5.57. The summed E-state index contributed by atoms with van der Waals surface area (Å²) in [7, 11) is 1.66. The highest BCUT2D eigenvalue weighted by Crippen LogP contribution is 2.35. The van der Waals surface area contributed by atoms with Crippen LogP contribution in [-0.2, 0) is 9.53 Å². The van der Waals surface area contributed by atoms with Gasteiger partial charge in [-0.25, -0.2) is 9.59 Å². The van der Waals surface area contributed by atoms with E-state index in [0.717, 1.165) is 19.3 Å². The first kappa shape index (κ1) is 16.1. The number of carbonyl (C=O) groups excluding carboxylic acids is 1. The molecule has 2 aliphatic heterocycles. The molecule has 1 N–H and O–H groups in total. The molecule has 21 heavy (non-hydrogen) atoms. The quantitative estimate of drug-likeness (QED) is 0.864. The van der Waals surface area contributed by atoms with E-state index in [-0.39, 0.29) is 11.6 Å². The van der Waals surface area contributed by atoms with E-state index in [4.69, 9.17) is 4.74 Å². The molecule has 0 aromatic rings. The lowest BCUT2D eigenvalue weighted by Gasteiger charge is -2.43. The Morgan fingerprint density at radius 2 is 1.90 bits per heavy atom. The number of hydrogen-bond acceptors (Lipinski definition) is 3. The maximum absolute atomic E-state index is 12.8. The molecule has 6 heteroatoms. The molecule has 0 aromatic heterocycles. The third-order valence-corrected chi connectivity index (χ3v) is 5.12. The summed E-state index contributed by atoms with van der Waals surface area (Å²) < 4.78 is 5.52. The molecule has 2 rings (SSSR count). The number of amides is 2. The second kappa shape index (κ2) is 5.83. The molecule has 0 bridgehead atoms. The number of carboxylic acid groups (broad SMARTS) is 1. The van der Waals surface area contributed by atoms with Crippen molar-refractivity contribution >= 4 is 12.0 Å². The molecule has 2 aliphatic rings. The number of aliphatic carboxylic acids is 1. The zero-order valence-corrected chi connectivity index (χ0v) is 13.2. The van der Waals surface area contributed by atoms with Crippen LogP contribution in [-0.4, -0.2) is 64.8 Å². The molecular formula is C15H26N2O4. The lowest BCUT2D eigenvalue weighted by molar-refractivity contribution is -0.148. The zero-order chi connectivity index (χ0) is 15.7. The van der Waals surface area contributed by atoms with Gasteiger partial charge in [-0.05, 0) is 39.0 Å². The summed E-state index contributed by atoms with van der Waals surface area (Å²) in [6, 6.07) is -0.153. The number of piperidine rings is 1. The number of carbonyl (C=O) groups is 2. The maximum atomic E-state index is 12.8. The van der Waals surface area contributed by atoms with Crippen molar-refractivity contribution in [3.05, 3.63) is 0 Å². The third-order valence-electron chi connectivity index (χ3n) is 5.12. The van der Waals surface area contributed by atoms with Crippen LogP contribution < -0.4 is 0 Å². The first-order valence-electron chi connectivity index (χ1n) is 7.74. The number of methoxy groups -OCH3 is 1. The van der Waals surface area contributed by atoms with Crippen LogP contribution in [0.15, 0.2) is 0 Å². The lowest BCUT2D eigenvalue weighted by atomic mass is 9.92. The lowest BCUT2D eigenvalue weighted by Crippen LogP contribution is -2.59. The second-order valence-corrected chi connectivity index (χ2v) is 6.41. The highest BCUT2D eigenvalue weighted by Gasteiger charge is 2.50. The summed E-state index contributed by atoms with van der Waals surface area (Å²) >= 11 is 0. The van der Waals surface area contributed by atoms with E-state index in [0.29, 0.717) is 32.5 Å². The summed E-state index contributed by atoms with van der Waals surface area (Å²) in [6.07, 6.45) is 3.55. The Labute approximate surface area is 126 Å². The van der Waals surface area contributed by atoms with Crippen molar-refractivity contribution in [1.82, 2.24) is 9.80 Å². The maximum Gasteiger partial charge on any atom is 0.329 e. The van der Waals surface area contributed by atoms with Crippen LogP contribution in [0.2, 0.25) is 0 Å². The van der Waals surface area contributed by atoms with Crippen LogP contribution >= 0.6 is 0 Å². The second-order valence-electron chi connectivity index (χ2n) is 6.41. The molecule has 2 atom stereocenters. The van der Waals surface area contributed by atoms with Gasteiger partial charge in [0, 0.05) is 20.2 Å². The molecule has 2 unspecified atom stereocenters. The van der Waals surface area contributed by atoms with Crippen molar-refractivity contribution in [2.45, 2.75) is 57.1 Å². The van der Waals surface area contributed by atoms with Gasteiger partial charge in [0.2, 0.25) is 0 Å². The van der Waals surface area contributed by atoms with Gasteiger partial charge in [-0.15, -0.1) is 0 Å². The molecule has 2 saturated heterocycles. The minimum Gasteiger partial charge on any atom is -0.479 e. The minimum absolute atomic E-state index is 0.153. The van der Waals surface area contributed by atoms with Crippen molar-refractivity contribution in [2.24, 2.45) is 0 Å². The highest BCUT2D eigenvalue weighted by atomic mass is 16.5. The Morgan fingerprint density at radius 1 is 1.24 bits per heavy atom. The average Bonchev–Trinajstić information content (AvgIpc) is 2.91. The van der Waals surface area contributed by atoms with Gasteiger partial charge >= 0.3 is 12.0 Å². The Hall–Kier alpha value is -1.30. The van der Waals surface area contributed by atoms with Crippen molar-refractivity contribution in [3.8, 4) is 0 Å². The van der Waals surface area contributed by atoms with Crippen molar-refractivity contribution in [2.75, 3.05) is 26.7 Å². The third kappa shape index (κ3) is 2.73. The number of rotatable bonds is 3. The van der Waals surface area contributed by atoms with E-state index in [2.05, 4.69) is 0 Å². The number of nitrogens with zero attached hydrogens (tertiary/aromatic N) is 2. The zero-order valence-electron chi connectivity index (χ0n) is 13.2. The minimum atomic E-state index is -1.03. The molecule has 6 nitrogen and oxygen atoms in total. The van der Waals surface area contributed by atoms with Gasteiger partial charge in [-0.3, -0.25) is 0 Å². The fraction of sp³-hybridized carbons (Fsp3) is 0.867. The molecule has 2 fully saturated rings. The Morgan fingerprint density at radius 3 is 2.48 bits per heavy atom. The number of hydrogen-bond donors (Lipinski definition) is 1. The smallest absolute Gasteiger partial charge is 0.329 e. The Bertz CT molecular complexity index is 428. The van der Waals surface area contributed by atoms with Crippen LogP contribution in [0.3, 0.4) is 0 Å². The van der Waals surface area contributed by atoms with E-state index in [1.807, 2.05) is 13.8 Å². The predicted octanol–water partition coefficient (Wildman–Crippen LogP) is 1.94. The summed E-state index contributed by atoms with van der Waals surface area (Å²) in [5, 5.41) is 9.59. The van der Waals surface area contributed by atoms with Gasteiger partial charge in [-0.2, -0.15) is 0 Å². The SMILES string of the molecule is CCC1(C(=O)O)CCCN1C(=O)N1CCCC(C)(OC)C1. The summed E-state index contributed by atoms with van der Waals surface area (Å²) in [5.74, 6) is -0.887. The van der Waals surface area contributed by atoms with E-state index in [9.17, 15) is 14.7 Å². The van der Waals surface area contributed by atoms with Gasteiger partial charge in [-0.1, -0.05) is 6.92 Å². The van der Waals surface area contributed by atoms with E-state index in [1.54, 1.807) is 16.9 Å². The van der Waals surface area contributed by atoms with Gasteiger partial charge in [0.25, 0.3) is 0 Å². The molecule has 2 heterocycles. The predicted molar refractivity (Wildman–Crippen MR) is 78.2 cm³/mol. The van der Waals surface area contributed by atoms with Crippen LogP contribution in [0.5, 0.6) is 0 Å². The average molecular weight is 298 g/mol. The summed E-state index contributed by atoms with van der Waals surface area (Å²) in [5.41, 5.74) is -1.36. The standard InChI is InChI=1S/C15H26N2O4/c1-4-15(12(18)19)8-6-10-17(15)13(20)16-9-5-7-14(2,11-16)21-3/h4-11H2,1-3H3,(H,18,19). The van der Waals surface area contributed by atoms with Crippen molar-refractivity contribution in [1.29, 1.82) is 0 Å². The fourth-order valence-electron chi connectivity index (χ4n) is 3.60. The van der Waals surface area contributed by atoms with Gasteiger partial charge in [0.15, 0.2) is 0 Å². The highest BCUT2D eigenvalue weighted by molar-refractivity contribution is 5.87. The molecule has 0 radical (unpaired) electrons. The Kier molecular flexibility index (Phi) is 4.46. The molecule has 2 amide bonds. The summed E-state index contributed by atoms with van der Waals surface area (Å²) in [4.78, 5) is 27.8. The molecule has 0 saturated carbocycles. The molecule has 0 spiro atoms. The first-order valence-corrected chi connectivity index (χ1v) is 7.74. The fourth-order valence-corrected chi connectivity index (χ4v) is 3.60. The Balaban J connectivity index is 2.17. The van der Waals surface area contributed by atoms with E-state index in [1.165, 1.54) is 0 Å². The number of likely N-dealkylation sites (tertiary alicyclic amines) is 2. The molecule has 0 aromatic carbocycles. The van der Waals surface area contributed by atoms with E-state index < -0.39 is 11.5 Å². The van der Waals surface area contributed by atoms with Crippen LogP contribution in [0.4, 0.5) is 4.79 Å². The number of urea groups is 1. The van der Waals surface area contributed by atoms with Crippen LogP contribution in [0.25, 0.3) is 0 Å². The van der Waals surface area contributed by atoms with Crippen molar-refractivity contribution < 1.29 is 19.4 Å².